The second-order valence-electron chi connectivity index (χ2n) is 6.59. The van der Waals surface area contributed by atoms with E-state index in [2.05, 4.69) is 42.7 Å². The monoisotopic (exact) mass is 580 g/mol. The lowest BCUT2D eigenvalue weighted by Gasteiger charge is -2.13. The molecule has 0 atom stereocenters. The van der Waals surface area contributed by atoms with Crippen LogP contribution in [0.5, 0.6) is 11.5 Å². The molecule has 0 spiro atoms. The largest absolute Gasteiger partial charge is 0.492 e. The maximum Gasteiger partial charge on any atom is 0.276 e. The minimum Gasteiger partial charge on any atom is -0.492 e. The highest BCUT2D eigenvalue weighted by Gasteiger charge is 2.15. The molecule has 0 aliphatic carbocycles. The van der Waals surface area contributed by atoms with Crippen LogP contribution in [0.25, 0.3) is 0 Å². The van der Waals surface area contributed by atoms with Gasteiger partial charge in [-0.3, -0.25) is 20.4 Å². The Labute approximate surface area is 207 Å². The first kappa shape index (κ1) is 24.1. The number of hydrogen-bond donors (Lipinski definition) is 2. The molecular weight excluding hydrogens is 564 g/mol. The van der Waals surface area contributed by atoms with Crippen molar-refractivity contribution in [3.8, 4) is 11.5 Å². The van der Waals surface area contributed by atoms with E-state index in [-0.39, 0.29) is 12.2 Å². The Kier molecular flexibility index (Phi) is 8.96. The predicted octanol–water partition coefficient (Wildman–Crippen LogP) is 5.33. The number of benzene rings is 3. The van der Waals surface area contributed by atoms with Gasteiger partial charge in [0.1, 0.15) is 11.5 Å². The molecule has 0 bridgehead atoms. The zero-order valence-electron chi connectivity index (χ0n) is 16.7. The summed E-state index contributed by atoms with van der Waals surface area (Å²) in [5.41, 5.74) is 6.14. The fraction of sp³-hybridized carbons (Fsp3) is 0.130. The van der Waals surface area contributed by atoms with Gasteiger partial charge in [-0.25, -0.2) is 0 Å². The summed E-state index contributed by atoms with van der Waals surface area (Å²) in [6.07, 6.45) is 0.701. The summed E-state index contributed by atoms with van der Waals surface area (Å²) in [6, 6.07) is 20.0. The highest BCUT2D eigenvalue weighted by molar-refractivity contribution is 9.10. The van der Waals surface area contributed by atoms with E-state index in [4.69, 9.17) is 21.1 Å². The molecule has 3 rings (SSSR count). The normalized spacial score (nSPS) is 10.3. The minimum absolute atomic E-state index is 0.286. The molecule has 166 valence electrons. The summed E-state index contributed by atoms with van der Waals surface area (Å²) in [5.74, 6) is -0.169. The highest BCUT2D eigenvalue weighted by atomic mass is 79.9. The van der Waals surface area contributed by atoms with Crippen molar-refractivity contribution >= 4 is 55.3 Å². The molecule has 6 nitrogen and oxygen atoms in total. The van der Waals surface area contributed by atoms with Crippen molar-refractivity contribution in [1.82, 2.24) is 10.9 Å². The van der Waals surface area contributed by atoms with Crippen LogP contribution in [0.1, 0.15) is 15.9 Å². The van der Waals surface area contributed by atoms with Gasteiger partial charge in [-0.1, -0.05) is 57.9 Å². The molecule has 0 saturated carbocycles. The molecule has 0 saturated heterocycles. The first-order chi connectivity index (χ1) is 15.4. The number of halogens is 3. The molecule has 3 aromatic carbocycles. The van der Waals surface area contributed by atoms with Crippen LogP contribution in [0.3, 0.4) is 0 Å². The van der Waals surface area contributed by atoms with Gasteiger partial charge in [-0.2, -0.15) is 0 Å². The first-order valence-corrected chi connectivity index (χ1v) is 11.5. The first-order valence-electron chi connectivity index (χ1n) is 9.55. The van der Waals surface area contributed by atoms with Crippen LogP contribution in [0.2, 0.25) is 5.02 Å². The quantitative estimate of drug-likeness (QED) is 0.353. The maximum absolute atomic E-state index is 12.6. The molecule has 0 heterocycles. The van der Waals surface area contributed by atoms with E-state index in [0.717, 1.165) is 5.56 Å². The molecular formula is C23H19Br2ClN2O4. The minimum atomic E-state index is -0.526. The number of rotatable bonds is 8. The Morgan fingerprint density at radius 1 is 0.875 bits per heavy atom. The number of hydrogen-bond acceptors (Lipinski definition) is 4. The second-order valence-corrected chi connectivity index (χ2v) is 8.80. The molecule has 0 aliphatic rings. The lowest BCUT2D eigenvalue weighted by molar-refractivity contribution is -0.123. The molecule has 2 amide bonds. The summed E-state index contributed by atoms with van der Waals surface area (Å²) >= 11 is 12.5. The van der Waals surface area contributed by atoms with Gasteiger partial charge in [0, 0.05) is 15.9 Å². The third-order valence-corrected chi connectivity index (χ3v) is 5.59. The summed E-state index contributed by atoms with van der Waals surface area (Å²) in [4.78, 5) is 24.7. The van der Waals surface area contributed by atoms with Crippen LogP contribution in [0, 0.1) is 0 Å². The number of amides is 2. The van der Waals surface area contributed by atoms with Crippen LogP contribution >= 0.6 is 43.5 Å². The molecule has 0 aromatic heterocycles. The Bertz CT molecular complexity index is 1100. The van der Waals surface area contributed by atoms with Crippen molar-refractivity contribution in [2.45, 2.75) is 6.42 Å². The van der Waals surface area contributed by atoms with E-state index < -0.39 is 11.8 Å². The Balaban J connectivity index is 1.53. The van der Waals surface area contributed by atoms with Gasteiger partial charge in [-0.05, 0) is 57.9 Å². The summed E-state index contributed by atoms with van der Waals surface area (Å²) in [6.45, 7) is 0.113. The van der Waals surface area contributed by atoms with Crippen LogP contribution in [0.4, 0.5) is 0 Å². The van der Waals surface area contributed by atoms with Gasteiger partial charge in [0.05, 0.1) is 16.6 Å². The lowest BCUT2D eigenvalue weighted by atomic mass is 10.1. The van der Waals surface area contributed by atoms with Gasteiger partial charge >= 0.3 is 0 Å². The van der Waals surface area contributed by atoms with Crippen molar-refractivity contribution in [2.75, 3.05) is 13.2 Å². The maximum atomic E-state index is 12.6. The molecule has 0 aliphatic heterocycles. The topological polar surface area (TPSA) is 76.7 Å². The second kappa shape index (κ2) is 11.9. The third-order valence-electron chi connectivity index (χ3n) is 4.25. The van der Waals surface area contributed by atoms with E-state index in [1.54, 1.807) is 36.4 Å². The molecule has 9 heteroatoms. The van der Waals surface area contributed by atoms with Crippen LogP contribution in [0.15, 0.2) is 75.7 Å². The van der Waals surface area contributed by atoms with E-state index in [1.165, 1.54) is 0 Å². The van der Waals surface area contributed by atoms with E-state index in [1.807, 2.05) is 30.3 Å². The number of carbonyl (C=O) groups excluding carboxylic acids is 2. The van der Waals surface area contributed by atoms with E-state index in [9.17, 15) is 9.59 Å². The highest BCUT2D eigenvalue weighted by Crippen LogP contribution is 2.28. The Morgan fingerprint density at radius 2 is 1.62 bits per heavy atom. The standard InChI is InChI=1S/C23H19Br2ClN2O4/c24-16-6-8-20(31-11-10-15-4-2-1-3-5-15)18(12-16)23(30)28-27-22(29)14-32-21-9-7-17(26)13-19(21)25/h1-9,12-13H,10-11,14H2,(H,27,29)(H,28,30). The Hall–Kier alpha value is -2.55. The predicted molar refractivity (Wildman–Crippen MR) is 130 cm³/mol. The average molecular weight is 583 g/mol. The van der Waals surface area contributed by atoms with Gasteiger partial charge in [-0.15, -0.1) is 0 Å². The zero-order chi connectivity index (χ0) is 22.9. The smallest absolute Gasteiger partial charge is 0.276 e. The number of ether oxygens (including phenoxy) is 2. The van der Waals surface area contributed by atoms with Crippen molar-refractivity contribution in [1.29, 1.82) is 0 Å². The van der Waals surface area contributed by atoms with Crippen LogP contribution < -0.4 is 20.3 Å². The van der Waals surface area contributed by atoms with E-state index >= 15 is 0 Å². The van der Waals surface area contributed by atoms with Gasteiger partial charge in [0.2, 0.25) is 0 Å². The summed E-state index contributed by atoms with van der Waals surface area (Å²) < 4.78 is 12.6. The van der Waals surface area contributed by atoms with Crippen LogP contribution in [-0.4, -0.2) is 25.0 Å². The molecule has 0 fully saturated rings. The van der Waals surface area contributed by atoms with Crippen molar-refractivity contribution < 1.29 is 19.1 Å². The van der Waals surface area contributed by atoms with Gasteiger partial charge < -0.3 is 9.47 Å². The number of hydrazine groups is 1. The number of nitrogens with one attached hydrogen (secondary N) is 2. The Morgan fingerprint density at radius 3 is 2.38 bits per heavy atom. The summed E-state index contributed by atoms with van der Waals surface area (Å²) in [7, 11) is 0. The van der Waals surface area contributed by atoms with Crippen molar-refractivity contribution in [3.63, 3.8) is 0 Å². The number of carbonyl (C=O) groups is 2. The fourth-order valence-electron chi connectivity index (χ4n) is 2.69. The van der Waals surface area contributed by atoms with Gasteiger partial charge in [0.15, 0.2) is 6.61 Å². The fourth-order valence-corrected chi connectivity index (χ4v) is 3.85. The summed E-state index contributed by atoms with van der Waals surface area (Å²) in [5, 5.41) is 0.539. The molecule has 32 heavy (non-hydrogen) atoms. The average Bonchev–Trinajstić information content (AvgIpc) is 2.78. The molecule has 2 N–H and O–H groups in total. The van der Waals surface area contributed by atoms with Crippen molar-refractivity contribution in [3.05, 3.63) is 91.8 Å². The van der Waals surface area contributed by atoms with Gasteiger partial charge in [0.25, 0.3) is 11.8 Å². The zero-order valence-corrected chi connectivity index (χ0v) is 20.7. The lowest BCUT2D eigenvalue weighted by Crippen LogP contribution is -2.44. The molecule has 3 aromatic rings. The van der Waals surface area contributed by atoms with Crippen molar-refractivity contribution in [2.24, 2.45) is 0 Å². The van der Waals surface area contributed by atoms with Crippen LogP contribution in [-0.2, 0) is 11.2 Å². The molecule has 0 radical (unpaired) electrons. The third kappa shape index (κ3) is 7.25. The van der Waals surface area contributed by atoms with E-state index in [0.29, 0.717) is 38.5 Å². The molecule has 0 unspecified atom stereocenters. The SMILES string of the molecule is O=C(COc1ccc(Cl)cc1Br)NNC(=O)c1cc(Br)ccc1OCCc1ccccc1.